The molecule has 2 fully saturated rings. The van der Waals surface area contributed by atoms with Crippen LogP contribution in [0, 0.1) is 11.8 Å². The number of ether oxygens (including phenoxy) is 2. The van der Waals surface area contributed by atoms with Crippen LogP contribution in [0.5, 0.6) is 0 Å². The Morgan fingerprint density at radius 3 is 2.27 bits per heavy atom. The highest BCUT2D eigenvalue weighted by atomic mass is 35.5. The van der Waals surface area contributed by atoms with E-state index in [1.54, 1.807) is 25.7 Å². The van der Waals surface area contributed by atoms with Gasteiger partial charge in [0.2, 0.25) is 0 Å². The molecule has 1 saturated heterocycles. The highest BCUT2D eigenvalue weighted by Crippen LogP contribution is 2.41. The largest absolute Gasteiger partial charge is 0.455 e. The van der Waals surface area contributed by atoms with Crippen molar-refractivity contribution in [3.8, 4) is 0 Å². The molecule has 204 valence electrons. The van der Waals surface area contributed by atoms with Gasteiger partial charge in [0.25, 0.3) is 0 Å². The summed E-state index contributed by atoms with van der Waals surface area (Å²) in [6.45, 7) is 10.1. The second kappa shape index (κ2) is 11.4. The van der Waals surface area contributed by atoms with Crippen LogP contribution in [0.2, 0.25) is 5.02 Å². The smallest absolute Gasteiger partial charge is 0.418 e. The van der Waals surface area contributed by atoms with Crippen LogP contribution in [-0.2, 0) is 22.3 Å². The highest BCUT2D eigenvalue weighted by Gasteiger charge is 2.43. The van der Waals surface area contributed by atoms with Gasteiger partial charge in [0.1, 0.15) is 5.60 Å². The number of hydrogen-bond donors (Lipinski definition) is 0. The van der Waals surface area contributed by atoms with E-state index >= 15 is 0 Å². The average molecular weight is 544 g/mol. The summed E-state index contributed by atoms with van der Waals surface area (Å²) in [6.07, 6.45) is -2.01. The Bertz CT molecular complexity index is 1100. The Hall–Kier alpha value is -2.59. The van der Waals surface area contributed by atoms with Crippen LogP contribution in [0.1, 0.15) is 69.1 Å². The predicted molar refractivity (Wildman–Crippen MR) is 132 cm³/mol. The molecule has 37 heavy (non-hydrogen) atoms. The van der Waals surface area contributed by atoms with E-state index in [0.717, 1.165) is 4.68 Å². The van der Waals surface area contributed by atoms with Crippen LogP contribution in [-0.4, -0.2) is 51.5 Å². The molecule has 0 spiro atoms. The molecule has 1 aromatic carbocycles. The van der Waals surface area contributed by atoms with Crippen LogP contribution in [0.4, 0.5) is 18.0 Å². The lowest BCUT2D eigenvalue weighted by Crippen LogP contribution is -2.34. The summed E-state index contributed by atoms with van der Waals surface area (Å²) in [7, 11) is 0. The summed E-state index contributed by atoms with van der Waals surface area (Å²) in [5.74, 6) is -0.228. The first kappa shape index (κ1) is 29.0. The fourth-order valence-corrected chi connectivity index (χ4v) is 5.07. The lowest BCUT2D eigenvalue weighted by atomic mass is 10.0. The second-order valence-electron chi connectivity index (χ2n) is 10.0. The SMILES string of the molecule is CC.CC(C)(C)OC(=O)c1ccn(C(=O)N2CC3CC(OCc4cccc(Cl)c4C(F)(F)F)CC3C2)n1. The van der Waals surface area contributed by atoms with E-state index in [9.17, 15) is 22.8 Å². The van der Waals surface area contributed by atoms with E-state index in [-0.39, 0.29) is 46.9 Å². The molecule has 1 aliphatic heterocycles. The number of nitrogens with zero attached hydrogens (tertiary/aromatic N) is 3. The summed E-state index contributed by atoms with van der Waals surface area (Å²) < 4.78 is 52.3. The van der Waals surface area contributed by atoms with Crippen molar-refractivity contribution in [3.05, 3.63) is 52.3 Å². The molecule has 0 radical (unpaired) electrons. The van der Waals surface area contributed by atoms with Crippen LogP contribution in [0.25, 0.3) is 0 Å². The molecule has 2 unspecified atom stereocenters. The zero-order valence-electron chi connectivity index (χ0n) is 21.6. The first-order chi connectivity index (χ1) is 17.3. The van der Waals surface area contributed by atoms with Crippen LogP contribution < -0.4 is 0 Å². The van der Waals surface area contributed by atoms with Crippen molar-refractivity contribution in [1.29, 1.82) is 0 Å². The average Bonchev–Trinajstić information content (AvgIpc) is 3.51. The van der Waals surface area contributed by atoms with Crippen molar-refractivity contribution < 1.29 is 32.2 Å². The fourth-order valence-electron chi connectivity index (χ4n) is 4.77. The van der Waals surface area contributed by atoms with Crippen molar-refractivity contribution in [1.82, 2.24) is 14.7 Å². The van der Waals surface area contributed by atoms with E-state index < -0.39 is 23.3 Å². The molecule has 7 nitrogen and oxygen atoms in total. The molecule has 2 atom stereocenters. The topological polar surface area (TPSA) is 73.7 Å². The number of carbonyl (C=O) groups is 2. The third-order valence-corrected chi connectivity index (χ3v) is 6.54. The molecular formula is C26H33ClF3N3O4. The number of halogens is 4. The highest BCUT2D eigenvalue weighted by molar-refractivity contribution is 6.31. The van der Waals surface area contributed by atoms with E-state index in [1.165, 1.54) is 30.5 Å². The third-order valence-electron chi connectivity index (χ3n) is 6.23. The minimum Gasteiger partial charge on any atom is -0.455 e. The molecular weight excluding hydrogens is 511 g/mol. The maximum Gasteiger partial charge on any atom is 0.418 e. The number of hydrogen-bond acceptors (Lipinski definition) is 5. The summed E-state index contributed by atoms with van der Waals surface area (Å²) in [6, 6.07) is 5.18. The van der Waals surface area contributed by atoms with Gasteiger partial charge in [-0.1, -0.05) is 37.6 Å². The van der Waals surface area contributed by atoms with Gasteiger partial charge in [-0.2, -0.15) is 23.0 Å². The number of benzene rings is 1. The number of esters is 1. The Morgan fingerprint density at radius 1 is 1.08 bits per heavy atom. The van der Waals surface area contributed by atoms with Crippen molar-refractivity contribution in [2.45, 2.75) is 71.9 Å². The Morgan fingerprint density at radius 2 is 1.70 bits per heavy atom. The van der Waals surface area contributed by atoms with Crippen molar-refractivity contribution in [2.24, 2.45) is 11.8 Å². The molecule has 4 rings (SSSR count). The predicted octanol–water partition coefficient (Wildman–Crippen LogP) is 6.43. The van der Waals surface area contributed by atoms with Crippen LogP contribution in [0.3, 0.4) is 0 Å². The number of aromatic nitrogens is 2. The molecule has 2 heterocycles. The maximum absolute atomic E-state index is 13.4. The van der Waals surface area contributed by atoms with E-state index in [4.69, 9.17) is 21.1 Å². The van der Waals surface area contributed by atoms with E-state index in [0.29, 0.717) is 25.9 Å². The van der Waals surface area contributed by atoms with Gasteiger partial charge in [-0.15, -0.1) is 0 Å². The molecule has 2 aliphatic rings. The lowest BCUT2D eigenvalue weighted by Gasteiger charge is -2.20. The molecule has 0 N–H and O–H groups in total. The van der Waals surface area contributed by atoms with Gasteiger partial charge >= 0.3 is 18.2 Å². The number of carbonyl (C=O) groups excluding carboxylic acids is 2. The molecule has 0 bridgehead atoms. The van der Waals surface area contributed by atoms with Gasteiger partial charge in [-0.05, 0) is 63.1 Å². The lowest BCUT2D eigenvalue weighted by molar-refractivity contribution is -0.139. The van der Waals surface area contributed by atoms with Crippen molar-refractivity contribution >= 4 is 23.6 Å². The molecule has 1 saturated carbocycles. The first-order valence-corrected chi connectivity index (χ1v) is 12.7. The van der Waals surface area contributed by atoms with E-state index in [1.807, 2.05) is 13.8 Å². The minimum absolute atomic E-state index is 0.0123. The summed E-state index contributed by atoms with van der Waals surface area (Å²) in [5.41, 5.74) is -1.46. The Balaban J connectivity index is 0.00000186. The van der Waals surface area contributed by atoms with Crippen molar-refractivity contribution in [2.75, 3.05) is 13.1 Å². The summed E-state index contributed by atoms with van der Waals surface area (Å²) in [5, 5.41) is 3.73. The van der Waals surface area contributed by atoms with Crippen molar-refractivity contribution in [3.63, 3.8) is 0 Å². The second-order valence-corrected chi connectivity index (χ2v) is 10.4. The van der Waals surface area contributed by atoms with Gasteiger partial charge in [-0.3, -0.25) is 0 Å². The number of fused-ring (bicyclic) bond motifs is 1. The summed E-state index contributed by atoms with van der Waals surface area (Å²) in [4.78, 5) is 26.7. The van der Waals surface area contributed by atoms with Gasteiger partial charge in [0.15, 0.2) is 5.69 Å². The first-order valence-electron chi connectivity index (χ1n) is 12.4. The van der Waals surface area contributed by atoms with Gasteiger partial charge in [-0.25, -0.2) is 9.59 Å². The fraction of sp³-hybridized carbons (Fsp3) is 0.577. The third kappa shape index (κ3) is 7.04. The number of alkyl halides is 3. The molecule has 1 amide bonds. The number of likely N-dealkylation sites (tertiary alicyclic amines) is 1. The maximum atomic E-state index is 13.4. The quantitative estimate of drug-likeness (QED) is 0.415. The Kier molecular flexibility index (Phi) is 8.95. The molecule has 1 aliphatic carbocycles. The van der Waals surface area contributed by atoms with Gasteiger partial charge < -0.3 is 14.4 Å². The van der Waals surface area contributed by atoms with E-state index in [2.05, 4.69) is 5.10 Å². The minimum atomic E-state index is -4.56. The zero-order valence-corrected chi connectivity index (χ0v) is 22.4. The molecule has 2 aromatic rings. The summed E-state index contributed by atoms with van der Waals surface area (Å²) >= 11 is 5.78. The molecule has 11 heteroatoms. The molecule has 1 aromatic heterocycles. The number of amides is 1. The van der Waals surface area contributed by atoms with Crippen LogP contribution >= 0.6 is 11.6 Å². The van der Waals surface area contributed by atoms with Gasteiger partial charge in [0, 0.05) is 19.3 Å². The van der Waals surface area contributed by atoms with Gasteiger partial charge in [0.05, 0.1) is 23.3 Å². The Labute approximate surface area is 219 Å². The monoisotopic (exact) mass is 543 g/mol. The standard InChI is InChI=1S/C24H27ClF3N3O4.C2H6/c1-23(2,3)35-21(32)19-7-8-31(29-19)22(33)30-11-15-9-17(10-16(15)12-30)34-13-14-5-4-6-18(25)20(14)24(26,27)28;1-2/h4-8,15-17H,9-13H2,1-3H3;1-2H3. The van der Waals surface area contributed by atoms with Crippen LogP contribution in [0.15, 0.2) is 30.5 Å². The zero-order chi connectivity index (χ0) is 27.5. The normalized spacial score (nSPS) is 21.3. The number of rotatable bonds is 4.